The number of benzene rings is 1. The van der Waals surface area contributed by atoms with Crippen molar-refractivity contribution in [1.82, 2.24) is 14.7 Å². The van der Waals surface area contributed by atoms with E-state index in [0.717, 1.165) is 35.7 Å². The molecule has 24 heavy (non-hydrogen) atoms. The molecule has 126 valence electrons. The summed E-state index contributed by atoms with van der Waals surface area (Å²) < 4.78 is 3.09. The first kappa shape index (κ1) is 15.9. The lowest BCUT2D eigenvalue weighted by atomic mass is 9.96. The summed E-state index contributed by atoms with van der Waals surface area (Å²) in [5.41, 5.74) is 2.34. The third-order valence-corrected chi connectivity index (χ3v) is 5.79. The van der Waals surface area contributed by atoms with E-state index in [-0.39, 0.29) is 5.91 Å². The van der Waals surface area contributed by atoms with Crippen LogP contribution in [0.15, 0.2) is 41.1 Å². The number of hydrogen-bond donors (Lipinski definition) is 0. The molecule has 4 rings (SSSR count). The number of aryl methyl sites for hydroxylation is 1. The molecule has 0 radical (unpaired) electrons. The van der Waals surface area contributed by atoms with Crippen molar-refractivity contribution >= 4 is 21.8 Å². The Kier molecular flexibility index (Phi) is 4.21. The predicted octanol–water partition coefficient (Wildman–Crippen LogP) is 3.89. The maximum atomic E-state index is 12.9. The number of fused-ring (bicyclic) bond motifs is 2. The highest BCUT2D eigenvalue weighted by atomic mass is 79.9. The summed E-state index contributed by atoms with van der Waals surface area (Å²) in [4.78, 5) is 15.1. The minimum atomic E-state index is 0.285. The summed E-state index contributed by atoms with van der Waals surface area (Å²) in [5, 5.41) is 4.45. The van der Waals surface area contributed by atoms with Crippen molar-refractivity contribution < 1.29 is 4.79 Å². The van der Waals surface area contributed by atoms with Crippen LogP contribution < -0.4 is 0 Å². The Morgan fingerprint density at radius 1 is 1.25 bits per heavy atom. The Morgan fingerprint density at radius 3 is 2.62 bits per heavy atom. The number of carbonyl (C=O) groups is 1. The molecule has 2 bridgehead atoms. The average Bonchev–Trinajstić information content (AvgIpc) is 3.09. The van der Waals surface area contributed by atoms with Crippen molar-refractivity contribution in [2.24, 2.45) is 0 Å². The minimum absolute atomic E-state index is 0.285. The zero-order valence-corrected chi connectivity index (χ0v) is 15.4. The van der Waals surface area contributed by atoms with Crippen molar-refractivity contribution in [3.63, 3.8) is 0 Å². The van der Waals surface area contributed by atoms with Gasteiger partial charge in [0.05, 0.1) is 23.1 Å². The Labute approximate surface area is 151 Å². The van der Waals surface area contributed by atoms with Crippen LogP contribution in [0, 0.1) is 6.92 Å². The van der Waals surface area contributed by atoms with Crippen LogP contribution in [-0.2, 0) is 11.2 Å². The molecule has 1 amide bonds. The lowest BCUT2D eigenvalue weighted by Gasteiger charge is -2.39. The van der Waals surface area contributed by atoms with Gasteiger partial charge < -0.3 is 4.90 Å². The quantitative estimate of drug-likeness (QED) is 0.800. The van der Waals surface area contributed by atoms with Gasteiger partial charge in [0.2, 0.25) is 5.91 Å². The van der Waals surface area contributed by atoms with Crippen LogP contribution in [0.2, 0.25) is 0 Å². The summed E-state index contributed by atoms with van der Waals surface area (Å²) in [6, 6.07) is 9.44. The van der Waals surface area contributed by atoms with Gasteiger partial charge in [-0.15, -0.1) is 0 Å². The fraction of sp³-hybridized carbons (Fsp3) is 0.474. The molecule has 2 fully saturated rings. The zero-order chi connectivity index (χ0) is 16.7. The van der Waals surface area contributed by atoms with Gasteiger partial charge in [0.25, 0.3) is 0 Å². The van der Waals surface area contributed by atoms with Gasteiger partial charge in [-0.1, -0.05) is 29.8 Å². The van der Waals surface area contributed by atoms with E-state index in [9.17, 15) is 4.79 Å². The smallest absolute Gasteiger partial charge is 0.227 e. The molecule has 0 N–H and O–H groups in total. The van der Waals surface area contributed by atoms with Gasteiger partial charge in [-0.3, -0.25) is 9.48 Å². The Morgan fingerprint density at radius 2 is 2.00 bits per heavy atom. The molecular formula is C19H22BrN3O. The fourth-order valence-electron chi connectivity index (χ4n) is 4.37. The highest BCUT2D eigenvalue weighted by Crippen LogP contribution is 2.41. The number of nitrogens with zero attached hydrogens (tertiary/aromatic N) is 3. The summed E-state index contributed by atoms with van der Waals surface area (Å²) in [5.74, 6) is 0.285. The maximum Gasteiger partial charge on any atom is 0.227 e. The van der Waals surface area contributed by atoms with Crippen molar-refractivity contribution in [2.75, 3.05) is 0 Å². The largest absolute Gasteiger partial charge is 0.336 e. The number of aromatic nitrogens is 2. The topological polar surface area (TPSA) is 38.1 Å². The second-order valence-corrected chi connectivity index (χ2v) is 8.03. The predicted molar refractivity (Wildman–Crippen MR) is 96.7 cm³/mol. The van der Waals surface area contributed by atoms with E-state index in [2.05, 4.69) is 55.7 Å². The summed E-state index contributed by atoms with van der Waals surface area (Å²) >= 11 is 3.47. The highest BCUT2D eigenvalue weighted by Gasteiger charge is 2.43. The lowest BCUT2D eigenvalue weighted by molar-refractivity contribution is -0.135. The molecule has 1 aromatic carbocycles. The molecule has 4 nitrogen and oxygen atoms in total. The molecule has 5 heteroatoms. The van der Waals surface area contributed by atoms with Crippen LogP contribution in [-0.4, -0.2) is 32.7 Å². The molecular weight excluding hydrogens is 366 g/mol. The number of halogens is 1. The summed E-state index contributed by atoms with van der Waals surface area (Å²) in [6.07, 6.45) is 8.71. The minimum Gasteiger partial charge on any atom is -0.336 e. The second kappa shape index (κ2) is 6.36. The molecule has 0 aliphatic carbocycles. The number of rotatable bonds is 3. The normalized spacial score (nSPS) is 25.9. The molecule has 0 spiro atoms. The van der Waals surface area contributed by atoms with E-state index in [1.54, 1.807) is 0 Å². The number of carbonyl (C=O) groups excluding carboxylic acids is 1. The van der Waals surface area contributed by atoms with Gasteiger partial charge in [0, 0.05) is 18.3 Å². The first-order valence-corrected chi connectivity index (χ1v) is 9.46. The fourth-order valence-corrected chi connectivity index (χ4v) is 4.68. The number of amides is 1. The van der Waals surface area contributed by atoms with E-state index in [1.807, 2.05) is 18.5 Å². The molecule has 3 heterocycles. The Balaban J connectivity index is 1.47. The summed E-state index contributed by atoms with van der Waals surface area (Å²) in [6.45, 7) is 2.07. The first-order chi connectivity index (χ1) is 11.6. The molecule has 1 aromatic heterocycles. The Bertz CT molecular complexity index is 743. The standard InChI is InChI=1S/C19H22BrN3O/c1-13-3-2-4-14(7-13)8-19(24)23-16-5-6-17(23)10-18(9-16)22-12-15(20)11-21-22/h2-4,7,11-12,16-18H,5-6,8-10H2,1H3. The van der Waals surface area contributed by atoms with Crippen LogP contribution in [0.5, 0.6) is 0 Å². The van der Waals surface area contributed by atoms with Gasteiger partial charge >= 0.3 is 0 Å². The summed E-state index contributed by atoms with van der Waals surface area (Å²) in [7, 11) is 0. The molecule has 2 aliphatic rings. The molecule has 2 aromatic rings. The highest BCUT2D eigenvalue weighted by molar-refractivity contribution is 9.10. The molecule has 2 saturated heterocycles. The van der Waals surface area contributed by atoms with Gasteiger partial charge in [-0.2, -0.15) is 5.10 Å². The third kappa shape index (κ3) is 3.02. The van der Waals surface area contributed by atoms with E-state index >= 15 is 0 Å². The molecule has 2 unspecified atom stereocenters. The van der Waals surface area contributed by atoms with Gasteiger partial charge in [0.1, 0.15) is 0 Å². The van der Waals surface area contributed by atoms with E-state index in [0.29, 0.717) is 24.5 Å². The van der Waals surface area contributed by atoms with Crippen LogP contribution in [0.4, 0.5) is 0 Å². The van der Waals surface area contributed by atoms with Crippen LogP contribution in [0.1, 0.15) is 42.9 Å². The Hall–Kier alpha value is -1.62. The van der Waals surface area contributed by atoms with E-state index in [1.165, 1.54) is 5.56 Å². The van der Waals surface area contributed by atoms with Gasteiger partial charge in [0.15, 0.2) is 0 Å². The van der Waals surface area contributed by atoms with Gasteiger partial charge in [-0.05, 0) is 54.1 Å². The second-order valence-electron chi connectivity index (χ2n) is 7.12. The lowest BCUT2D eigenvalue weighted by Crippen LogP contribution is -2.47. The van der Waals surface area contributed by atoms with Gasteiger partial charge in [-0.25, -0.2) is 0 Å². The van der Waals surface area contributed by atoms with Crippen molar-refractivity contribution in [2.45, 2.75) is 57.2 Å². The van der Waals surface area contributed by atoms with E-state index < -0.39 is 0 Å². The van der Waals surface area contributed by atoms with Crippen LogP contribution in [0.3, 0.4) is 0 Å². The van der Waals surface area contributed by atoms with Crippen molar-refractivity contribution in [3.05, 3.63) is 52.3 Å². The van der Waals surface area contributed by atoms with E-state index in [4.69, 9.17) is 0 Å². The maximum absolute atomic E-state index is 12.9. The molecule has 2 aliphatic heterocycles. The average molecular weight is 388 g/mol. The van der Waals surface area contributed by atoms with Crippen LogP contribution >= 0.6 is 15.9 Å². The molecule has 0 saturated carbocycles. The number of hydrogen-bond acceptors (Lipinski definition) is 2. The SMILES string of the molecule is Cc1cccc(CC(=O)N2C3CCC2CC(n2cc(Br)cn2)C3)c1. The van der Waals surface area contributed by atoms with Crippen molar-refractivity contribution in [3.8, 4) is 0 Å². The first-order valence-electron chi connectivity index (χ1n) is 8.66. The molecule has 2 atom stereocenters. The third-order valence-electron chi connectivity index (χ3n) is 5.38. The van der Waals surface area contributed by atoms with Crippen molar-refractivity contribution in [1.29, 1.82) is 0 Å². The monoisotopic (exact) mass is 387 g/mol. The number of piperidine rings is 1. The zero-order valence-electron chi connectivity index (χ0n) is 13.9. The van der Waals surface area contributed by atoms with Crippen LogP contribution in [0.25, 0.3) is 0 Å².